The molecule has 3 aromatic rings. The van der Waals surface area contributed by atoms with Gasteiger partial charge in [-0.2, -0.15) is 0 Å². The van der Waals surface area contributed by atoms with Gasteiger partial charge in [0.25, 0.3) is 0 Å². The number of aryl methyl sites for hydroxylation is 3. The Labute approximate surface area is 134 Å². The second-order valence-electron chi connectivity index (χ2n) is 5.61. The van der Waals surface area contributed by atoms with Crippen LogP contribution in [0.2, 0.25) is 0 Å². The SMILES string of the molecule is CCOC(=O)c1cc2c([nH]c1C)c(OC)cc1c(C)c(C)nc12. The number of H-pyrrole nitrogens is 1. The highest BCUT2D eigenvalue weighted by molar-refractivity contribution is 6.10. The average Bonchev–Trinajstić information content (AvgIpc) is 2.81. The predicted octanol–water partition coefficient (Wildman–Crippen LogP) is 3.83. The van der Waals surface area contributed by atoms with Gasteiger partial charge in [-0.25, -0.2) is 4.79 Å². The van der Waals surface area contributed by atoms with Crippen LogP contribution < -0.4 is 4.74 Å². The number of nitrogens with zero attached hydrogens (tertiary/aromatic N) is 1. The fraction of sp³-hybridized carbons (Fsp3) is 0.333. The standard InChI is InChI=1S/C18H20N2O3/c1-6-23-18(21)13-7-14-16-12(9(2)10(3)19-16)8-15(22-5)17(14)20-11(13)4/h7-8,20H,6H2,1-5H3. The number of benzene rings is 1. The van der Waals surface area contributed by atoms with Crippen LogP contribution in [-0.2, 0) is 4.74 Å². The minimum Gasteiger partial charge on any atom is -0.495 e. The zero-order valence-electron chi connectivity index (χ0n) is 14.0. The molecule has 2 heterocycles. The number of esters is 1. The Balaban J connectivity index is 2.41. The number of methoxy groups -OCH3 is 1. The summed E-state index contributed by atoms with van der Waals surface area (Å²) in [7, 11) is 1.64. The first-order valence-corrected chi connectivity index (χ1v) is 7.62. The zero-order chi connectivity index (χ0) is 16.7. The number of rotatable bonds is 3. The Kier molecular flexibility index (Phi) is 3.72. The van der Waals surface area contributed by atoms with E-state index in [9.17, 15) is 4.79 Å². The Morgan fingerprint density at radius 1 is 1.22 bits per heavy atom. The smallest absolute Gasteiger partial charge is 0.339 e. The molecule has 5 heteroatoms. The minimum atomic E-state index is -0.334. The number of fused-ring (bicyclic) bond motifs is 3. The lowest BCUT2D eigenvalue weighted by Gasteiger charge is -2.12. The second kappa shape index (κ2) is 5.57. The average molecular weight is 312 g/mol. The number of aromatic amines is 1. The number of carbonyl (C=O) groups is 1. The van der Waals surface area contributed by atoms with Crippen molar-refractivity contribution >= 4 is 27.8 Å². The number of hydrogen-bond donors (Lipinski definition) is 1. The summed E-state index contributed by atoms with van der Waals surface area (Å²) in [6.45, 7) is 8.02. The maximum absolute atomic E-state index is 12.2. The molecular weight excluding hydrogens is 292 g/mol. The molecule has 0 unspecified atom stereocenters. The van der Waals surface area contributed by atoms with Gasteiger partial charge in [0.1, 0.15) is 5.75 Å². The molecule has 0 fully saturated rings. The summed E-state index contributed by atoms with van der Waals surface area (Å²) in [5.41, 5.74) is 5.08. The second-order valence-corrected chi connectivity index (χ2v) is 5.61. The molecule has 0 atom stereocenters. The molecule has 0 spiro atoms. The van der Waals surface area contributed by atoms with Crippen LogP contribution in [-0.4, -0.2) is 29.7 Å². The molecule has 0 radical (unpaired) electrons. The third-order valence-corrected chi connectivity index (χ3v) is 4.25. The van der Waals surface area contributed by atoms with Gasteiger partial charge < -0.3 is 14.5 Å². The molecule has 2 aromatic heterocycles. The topological polar surface area (TPSA) is 64.2 Å². The van der Waals surface area contributed by atoms with Gasteiger partial charge in [-0.3, -0.25) is 4.98 Å². The highest BCUT2D eigenvalue weighted by Crippen LogP contribution is 2.35. The molecule has 1 N–H and O–H groups in total. The van der Waals surface area contributed by atoms with Crippen LogP contribution in [0.4, 0.5) is 0 Å². The van der Waals surface area contributed by atoms with Gasteiger partial charge in [0, 0.05) is 22.2 Å². The third-order valence-electron chi connectivity index (χ3n) is 4.25. The third kappa shape index (κ3) is 2.32. The molecule has 0 aliphatic carbocycles. The van der Waals surface area contributed by atoms with Crippen molar-refractivity contribution in [1.29, 1.82) is 0 Å². The van der Waals surface area contributed by atoms with Crippen molar-refractivity contribution in [1.82, 2.24) is 9.97 Å². The summed E-state index contributed by atoms with van der Waals surface area (Å²) >= 11 is 0. The van der Waals surface area contributed by atoms with Crippen LogP contribution in [0.1, 0.15) is 34.2 Å². The van der Waals surface area contributed by atoms with Crippen LogP contribution >= 0.6 is 0 Å². The summed E-state index contributed by atoms with van der Waals surface area (Å²) in [4.78, 5) is 20.1. The molecule has 23 heavy (non-hydrogen) atoms. The Morgan fingerprint density at radius 3 is 2.61 bits per heavy atom. The van der Waals surface area contributed by atoms with Crippen LogP contribution in [0, 0.1) is 20.8 Å². The molecule has 0 saturated carbocycles. The number of pyridine rings is 1. The molecule has 0 saturated heterocycles. The summed E-state index contributed by atoms with van der Waals surface area (Å²) < 4.78 is 10.7. The van der Waals surface area contributed by atoms with E-state index in [1.54, 1.807) is 14.0 Å². The van der Waals surface area contributed by atoms with Gasteiger partial charge >= 0.3 is 5.97 Å². The van der Waals surface area contributed by atoms with Gasteiger partial charge in [-0.1, -0.05) is 0 Å². The van der Waals surface area contributed by atoms with E-state index in [1.807, 2.05) is 32.9 Å². The van der Waals surface area contributed by atoms with Crippen LogP contribution in [0.15, 0.2) is 12.1 Å². The molecule has 0 bridgehead atoms. The number of carbonyl (C=O) groups excluding carboxylic acids is 1. The minimum absolute atomic E-state index is 0.334. The van der Waals surface area contributed by atoms with Crippen molar-refractivity contribution in [2.24, 2.45) is 0 Å². The fourth-order valence-electron chi connectivity index (χ4n) is 2.88. The molecule has 3 rings (SSSR count). The summed E-state index contributed by atoms with van der Waals surface area (Å²) in [6.07, 6.45) is 0. The van der Waals surface area contributed by atoms with Gasteiger partial charge in [-0.15, -0.1) is 0 Å². The van der Waals surface area contributed by atoms with Crippen molar-refractivity contribution in [3.05, 3.63) is 34.6 Å². The van der Waals surface area contributed by atoms with E-state index in [0.717, 1.165) is 44.5 Å². The van der Waals surface area contributed by atoms with E-state index in [-0.39, 0.29) is 5.97 Å². The molecule has 0 aliphatic rings. The van der Waals surface area contributed by atoms with E-state index in [1.165, 1.54) is 0 Å². The van der Waals surface area contributed by atoms with E-state index in [0.29, 0.717) is 12.2 Å². The predicted molar refractivity (Wildman–Crippen MR) is 90.3 cm³/mol. The summed E-state index contributed by atoms with van der Waals surface area (Å²) in [6, 6.07) is 3.84. The summed E-state index contributed by atoms with van der Waals surface area (Å²) in [5.74, 6) is 0.403. The number of ether oxygens (including phenoxy) is 2. The van der Waals surface area contributed by atoms with Gasteiger partial charge in [-0.05, 0) is 45.4 Å². The van der Waals surface area contributed by atoms with E-state index < -0.39 is 0 Å². The van der Waals surface area contributed by atoms with Crippen molar-refractivity contribution < 1.29 is 14.3 Å². The lowest BCUT2D eigenvalue weighted by molar-refractivity contribution is 0.0525. The highest BCUT2D eigenvalue weighted by Gasteiger charge is 2.18. The zero-order valence-corrected chi connectivity index (χ0v) is 14.0. The van der Waals surface area contributed by atoms with Crippen LogP contribution in [0.5, 0.6) is 5.75 Å². The quantitative estimate of drug-likeness (QED) is 0.747. The lowest BCUT2D eigenvalue weighted by atomic mass is 10.0. The van der Waals surface area contributed by atoms with Gasteiger partial charge in [0.05, 0.1) is 30.3 Å². The first-order valence-electron chi connectivity index (χ1n) is 7.62. The van der Waals surface area contributed by atoms with Gasteiger partial charge in [0.2, 0.25) is 0 Å². The maximum Gasteiger partial charge on any atom is 0.339 e. The fourth-order valence-corrected chi connectivity index (χ4v) is 2.88. The normalized spacial score (nSPS) is 11.2. The Hall–Kier alpha value is -2.56. The number of nitrogens with one attached hydrogen (secondary N) is 1. The molecule has 5 nitrogen and oxygen atoms in total. The summed E-state index contributed by atoms with van der Waals surface area (Å²) in [5, 5.41) is 1.91. The molecule has 1 aromatic carbocycles. The molecule has 120 valence electrons. The van der Waals surface area contributed by atoms with Crippen molar-refractivity contribution in [2.75, 3.05) is 13.7 Å². The lowest BCUT2D eigenvalue weighted by Crippen LogP contribution is -2.08. The van der Waals surface area contributed by atoms with Gasteiger partial charge in [0.15, 0.2) is 0 Å². The van der Waals surface area contributed by atoms with E-state index >= 15 is 0 Å². The number of hydrogen-bond acceptors (Lipinski definition) is 4. The Bertz CT molecular complexity index is 925. The van der Waals surface area contributed by atoms with Crippen molar-refractivity contribution in [3.63, 3.8) is 0 Å². The van der Waals surface area contributed by atoms with E-state index in [4.69, 9.17) is 9.47 Å². The van der Waals surface area contributed by atoms with Crippen LogP contribution in [0.3, 0.4) is 0 Å². The van der Waals surface area contributed by atoms with Crippen molar-refractivity contribution in [3.8, 4) is 5.75 Å². The largest absolute Gasteiger partial charge is 0.495 e. The monoisotopic (exact) mass is 312 g/mol. The molecular formula is C18H20N2O3. The van der Waals surface area contributed by atoms with E-state index in [2.05, 4.69) is 9.97 Å². The first kappa shape index (κ1) is 15.3. The first-order chi connectivity index (χ1) is 11.0. The Morgan fingerprint density at radius 2 is 1.96 bits per heavy atom. The maximum atomic E-state index is 12.2. The molecule has 0 amide bonds. The number of aromatic nitrogens is 2. The van der Waals surface area contributed by atoms with Crippen molar-refractivity contribution in [2.45, 2.75) is 27.7 Å². The molecule has 0 aliphatic heterocycles. The highest BCUT2D eigenvalue weighted by atomic mass is 16.5. The van der Waals surface area contributed by atoms with Crippen LogP contribution in [0.25, 0.3) is 21.8 Å².